The van der Waals surface area contributed by atoms with Crippen molar-refractivity contribution in [2.45, 2.75) is 32.5 Å². The molecule has 88 valence electrons. The topological polar surface area (TPSA) is 58.2 Å². The van der Waals surface area contributed by atoms with Crippen molar-refractivity contribution in [2.24, 2.45) is 0 Å². The van der Waals surface area contributed by atoms with E-state index in [9.17, 15) is 22.8 Å². The number of hydrogen-bond donors (Lipinski definition) is 2. The van der Waals surface area contributed by atoms with Gasteiger partial charge in [-0.05, 0) is 6.92 Å². The van der Waals surface area contributed by atoms with Crippen LogP contribution in [0.5, 0.6) is 0 Å². The SMILES string of the molecule is CCC(=O)C(C)NC(=O)NCC(F)(F)F. The molecule has 0 bridgehead atoms. The van der Waals surface area contributed by atoms with E-state index in [2.05, 4.69) is 5.32 Å². The first kappa shape index (κ1) is 13.7. The number of alkyl halides is 3. The lowest BCUT2D eigenvalue weighted by Gasteiger charge is -2.13. The van der Waals surface area contributed by atoms with E-state index in [0.29, 0.717) is 0 Å². The second-order valence-electron chi connectivity index (χ2n) is 2.98. The standard InChI is InChI=1S/C8H13F3N2O2/c1-3-6(14)5(2)13-7(15)12-4-8(9,10)11/h5H,3-4H2,1-2H3,(H2,12,13,15). The van der Waals surface area contributed by atoms with Crippen LogP contribution in [0.3, 0.4) is 0 Å². The zero-order chi connectivity index (χ0) is 12.1. The average molecular weight is 226 g/mol. The Morgan fingerprint density at radius 3 is 2.27 bits per heavy atom. The van der Waals surface area contributed by atoms with Gasteiger partial charge in [-0.3, -0.25) is 4.79 Å². The van der Waals surface area contributed by atoms with E-state index in [1.807, 2.05) is 0 Å². The molecule has 0 saturated heterocycles. The van der Waals surface area contributed by atoms with Gasteiger partial charge in [-0.15, -0.1) is 0 Å². The van der Waals surface area contributed by atoms with Crippen molar-refractivity contribution in [3.05, 3.63) is 0 Å². The minimum atomic E-state index is -4.45. The third-order valence-corrected chi connectivity index (χ3v) is 1.63. The highest BCUT2D eigenvalue weighted by molar-refractivity contribution is 5.87. The van der Waals surface area contributed by atoms with Crippen LogP contribution in [0.2, 0.25) is 0 Å². The largest absolute Gasteiger partial charge is 0.405 e. The molecule has 0 radical (unpaired) electrons. The molecule has 0 fully saturated rings. The Morgan fingerprint density at radius 2 is 1.87 bits per heavy atom. The number of rotatable bonds is 4. The highest BCUT2D eigenvalue weighted by Crippen LogP contribution is 2.11. The molecule has 0 heterocycles. The van der Waals surface area contributed by atoms with Gasteiger partial charge in [0.2, 0.25) is 0 Å². The second-order valence-corrected chi connectivity index (χ2v) is 2.98. The molecular formula is C8H13F3N2O2. The van der Waals surface area contributed by atoms with Gasteiger partial charge in [-0.25, -0.2) is 4.79 Å². The van der Waals surface area contributed by atoms with Gasteiger partial charge in [0.1, 0.15) is 6.54 Å². The number of halogens is 3. The molecule has 0 aromatic heterocycles. The maximum Gasteiger partial charge on any atom is 0.405 e. The lowest BCUT2D eigenvalue weighted by Crippen LogP contribution is -2.46. The quantitative estimate of drug-likeness (QED) is 0.757. The molecule has 7 heteroatoms. The van der Waals surface area contributed by atoms with E-state index >= 15 is 0 Å². The molecule has 1 unspecified atom stereocenters. The van der Waals surface area contributed by atoms with E-state index in [1.54, 1.807) is 12.2 Å². The minimum Gasteiger partial charge on any atom is -0.329 e. The number of Topliss-reactive ketones (excluding diaryl/α,β-unsaturated/α-hetero) is 1. The molecule has 4 nitrogen and oxygen atoms in total. The van der Waals surface area contributed by atoms with Crippen LogP contribution in [0.1, 0.15) is 20.3 Å². The average Bonchev–Trinajstić information content (AvgIpc) is 2.12. The Balaban J connectivity index is 3.89. The highest BCUT2D eigenvalue weighted by atomic mass is 19.4. The van der Waals surface area contributed by atoms with Crippen molar-refractivity contribution >= 4 is 11.8 Å². The summed E-state index contributed by atoms with van der Waals surface area (Å²) in [5.41, 5.74) is 0. The van der Waals surface area contributed by atoms with E-state index in [-0.39, 0.29) is 12.2 Å². The molecule has 2 N–H and O–H groups in total. The van der Waals surface area contributed by atoms with Crippen LogP contribution in [-0.4, -0.2) is 30.6 Å². The molecule has 0 aliphatic carbocycles. The van der Waals surface area contributed by atoms with E-state index < -0.39 is 24.8 Å². The van der Waals surface area contributed by atoms with Crippen molar-refractivity contribution in [1.29, 1.82) is 0 Å². The van der Waals surface area contributed by atoms with Crippen LogP contribution in [-0.2, 0) is 4.79 Å². The second kappa shape index (κ2) is 5.57. The van der Waals surface area contributed by atoms with Gasteiger partial charge in [-0.2, -0.15) is 13.2 Å². The zero-order valence-electron chi connectivity index (χ0n) is 8.44. The summed E-state index contributed by atoms with van der Waals surface area (Å²) in [6.45, 7) is 1.61. The lowest BCUT2D eigenvalue weighted by atomic mass is 10.2. The number of hydrogen-bond acceptors (Lipinski definition) is 2. The van der Waals surface area contributed by atoms with Gasteiger partial charge in [0.15, 0.2) is 5.78 Å². The third-order valence-electron chi connectivity index (χ3n) is 1.63. The molecular weight excluding hydrogens is 213 g/mol. The number of amides is 2. The number of carbonyl (C=O) groups excluding carboxylic acids is 2. The first-order chi connectivity index (χ1) is 6.76. The van der Waals surface area contributed by atoms with Crippen molar-refractivity contribution < 1.29 is 22.8 Å². The normalized spacial score (nSPS) is 13.1. The molecule has 0 aliphatic rings. The molecule has 0 spiro atoms. The van der Waals surface area contributed by atoms with Crippen molar-refractivity contribution in [2.75, 3.05) is 6.54 Å². The van der Waals surface area contributed by atoms with Crippen LogP contribution in [0, 0.1) is 0 Å². The summed E-state index contributed by atoms with van der Waals surface area (Å²) in [5.74, 6) is -0.239. The summed E-state index contributed by atoms with van der Waals surface area (Å²) >= 11 is 0. The Kier molecular flexibility index (Phi) is 5.10. The summed E-state index contributed by atoms with van der Waals surface area (Å²) in [4.78, 5) is 21.8. The molecule has 1 atom stereocenters. The fourth-order valence-electron chi connectivity index (χ4n) is 0.815. The number of ketones is 1. The fraction of sp³-hybridized carbons (Fsp3) is 0.750. The van der Waals surface area contributed by atoms with Crippen LogP contribution in [0.4, 0.5) is 18.0 Å². The summed E-state index contributed by atoms with van der Waals surface area (Å²) in [5, 5.41) is 3.71. The Labute approximate surface area is 85.2 Å². The van der Waals surface area contributed by atoms with Gasteiger partial charge in [0, 0.05) is 6.42 Å². The van der Waals surface area contributed by atoms with Crippen LogP contribution in [0.15, 0.2) is 0 Å². The van der Waals surface area contributed by atoms with E-state index in [4.69, 9.17) is 0 Å². The van der Waals surface area contributed by atoms with Gasteiger partial charge in [0.25, 0.3) is 0 Å². The molecule has 2 amide bonds. The predicted octanol–water partition coefficient (Wildman–Crippen LogP) is 1.22. The summed E-state index contributed by atoms with van der Waals surface area (Å²) in [6, 6.07) is -1.77. The molecule has 0 aromatic carbocycles. The Hall–Kier alpha value is -1.27. The maximum absolute atomic E-state index is 11.7. The lowest BCUT2D eigenvalue weighted by molar-refractivity contribution is -0.122. The number of urea groups is 1. The van der Waals surface area contributed by atoms with Crippen molar-refractivity contribution in [3.8, 4) is 0 Å². The van der Waals surface area contributed by atoms with E-state index in [0.717, 1.165) is 0 Å². The van der Waals surface area contributed by atoms with Gasteiger partial charge in [-0.1, -0.05) is 6.92 Å². The predicted molar refractivity (Wildman–Crippen MR) is 47.3 cm³/mol. The first-order valence-corrected chi connectivity index (χ1v) is 4.40. The molecule has 0 saturated carbocycles. The number of carbonyl (C=O) groups is 2. The van der Waals surface area contributed by atoms with Gasteiger partial charge >= 0.3 is 12.2 Å². The smallest absolute Gasteiger partial charge is 0.329 e. The maximum atomic E-state index is 11.7. The molecule has 0 aromatic rings. The van der Waals surface area contributed by atoms with E-state index in [1.165, 1.54) is 6.92 Å². The Bertz CT molecular complexity index is 241. The summed E-state index contributed by atoms with van der Waals surface area (Å²) < 4.78 is 35.0. The van der Waals surface area contributed by atoms with Crippen LogP contribution < -0.4 is 10.6 Å². The third kappa shape index (κ3) is 6.75. The van der Waals surface area contributed by atoms with Crippen molar-refractivity contribution in [1.82, 2.24) is 10.6 Å². The fourth-order valence-corrected chi connectivity index (χ4v) is 0.815. The van der Waals surface area contributed by atoms with Crippen molar-refractivity contribution in [3.63, 3.8) is 0 Å². The summed E-state index contributed by atoms with van der Waals surface area (Å²) in [7, 11) is 0. The van der Waals surface area contributed by atoms with Crippen LogP contribution >= 0.6 is 0 Å². The van der Waals surface area contributed by atoms with Gasteiger partial charge < -0.3 is 10.6 Å². The molecule has 15 heavy (non-hydrogen) atoms. The number of nitrogens with one attached hydrogen (secondary N) is 2. The first-order valence-electron chi connectivity index (χ1n) is 4.40. The summed E-state index contributed by atoms with van der Waals surface area (Å²) in [6.07, 6.45) is -4.23. The zero-order valence-corrected chi connectivity index (χ0v) is 8.44. The minimum absolute atomic E-state index is 0.223. The molecule has 0 aliphatic heterocycles. The molecule has 0 rings (SSSR count). The highest BCUT2D eigenvalue weighted by Gasteiger charge is 2.28. The monoisotopic (exact) mass is 226 g/mol. The Morgan fingerprint density at radius 1 is 1.33 bits per heavy atom. The van der Waals surface area contributed by atoms with Gasteiger partial charge in [0.05, 0.1) is 6.04 Å². The van der Waals surface area contributed by atoms with Crippen LogP contribution in [0.25, 0.3) is 0 Å².